The molecule has 3 heterocycles. The van der Waals surface area contributed by atoms with Gasteiger partial charge in [-0.25, -0.2) is 9.78 Å². The first-order valence-corrected chi connectivity index (χ1v) is 6.26. The van der Waals surface area contributed by atoms with Gasteiger partial charge in [0.1, 0.15) is 16.7 Å². The van der Waals surface area contributed by atoms with Crippen LogP contribution in [0.2, 0.25) is 0 Å². The van der Waals surface area contributed by atoms with E-state index in [1.165, 1.54) is 28.3 Å². The Morgan fingerprint density at radius 2 is 2.37 bits per heavy atom. The first-order chi connectivity index (χ1) is 9.15. The van der Waals surface area contributed by atoms with Crippen molar-refractivity contribution < 1.29 is 14.3 Å². The molecule has 3 aromatic heterocycles. The summed E-state index contributed by atoms with van der Waals surface area (Å²) in [5, 5.41) is 10.6. The van der Waals surface area contributed by atoms with Crippen molar-refractivity contribution in [2.75, 3.05) is 0 Å². The average molecular weight is 276 g/mol. The summed E-state index contributed by atoms with van der Waals surface area (Å²) in [6.45, 7) is 0.160. The van der Waals surface area contributed by atoms with Crippen molar-refractivity contribution in [3.8, 4) is 0 Å². The van der Waals surface area contributed by atoms with Crippen LogP contribution in [0, 0.1) is 0 Å². The van der Waals surface area contributed by atoms with Crippen molar-refractivity contribution in [1.29, 1.82) is 0 Å². The fourth-order valence-corrected chi connectivity index (χ4v) is 2.53. The molecule has 3 rings (SSSR count). The molecule has 0 aliphatic rings. The molecule has 0 spiro atoms. The van der Waals surface area contributed by atoms with Crippen LogP contribution in [0.3, 0.4) is 0 Å². The van der Waals surface area contributed by atoms with E-state index < -0.39 is 5.97 Å². The van der Waals surface area contributed by atoms with E-state index in [1.807, 2.05) is 0 Å². The normalized spacial score (nSPS) is 10.9. The summed E-state index contributed by atoms with van der Waals surface area (Å²) in [6.07, 6.45) is 2.58. The maximum Gasteiger partial charge on any atom is 0.338 e. The second kappa shape index (κ2) is 4.36. The highest BCUT2D eigenvalue weighted by Crippen LogP contribution is 2.14. The van der Waals surface area contributed by atoms with Crippen molar-refractivity contribution >= 4 is 27.5 Å². The molecule has 3 aromatic rings. The molecule has 0 aliphatic carbocycles. The second-order valence-electron chi connectivity index (χ2n) is 3.92. The first-order valence-electron chi connectivity index (χ1n) is 5.38. The van der Waals surface area contributed by atoms with E-state index >= 15 is 0 Å². The third-order valence-corrected chi connectivity index (χ3v) is 3.55. The highest BCUT2D eigenvalue weighted by molar-refractivity contribution is 7.17. The Morgan fingerprint density at radius 3 is 3.11 bits per heavy atom. The largest absolute Gasteiger partial charge is 0.478 e. The third-order valence-electron chi connectivity index (χ3n) is 2.66. The molecular weight excluding hydrogens is 268 g/mol. The van der Waals surface area contributed by atoms with Gasteiger partial charge in [0.15, 0.2) is 0 Å². The van der Waals surface area contributed by atoms with Gasteiger partial charge in [-0.3, -0.25) is 9.36 Å². The number of nitrogens with zero attached hydrogens (tertiary/aromatic N) is 2. The van der Waals surface area contributed by atoms with E-state index in [9.17, 15) is 9.59 Å². The third kappa shape index (κ3) is 2.04. The second-order valence-corrected chi connectivity index (χ2v) is 4.84. The maximum absolute atomic E-state index is 12.1. The smallest absolute Gasteiger partial charge is 0.338 e. The molecule has 0 unspecified atom stereocenters. The number of fused-ring (bicyclic) bond motifs is 1. The van der Waals surface area contributed by atoms with Crippen LogP contribution in [-0.2, 0) is 6.54 Å². The topological polar surface area (TPSA) is 85.3 Å². The molecule has 0 radical (unpaired) electrons. The molecule has 0 fully saturated rings. The summed E-state index contributed by atoms with van der Waals surface area (Å²) in [5.74, 6) is -0.661. The zero-order chi connectivity index (χ0) is 13.4. The van der Waals surface area contributed by atoms with E-state index in [0.29, 0.717) is 16.0 Å². The minimum absolute atomic E-state index is 0.0632. The first kappa shape index (κ1) is 11.7. The molecule has 0 bridgehead atoms. The maximum atomic E-state index is 12.1. The quantitative estimate of drug-likeness (QED) is 0.788. The summed E-state index contributed by atoms with van der Waals surface area (Å²) < 4.78 is 7.08. The summed E-state index contributed by atoms with van der Waals surface area (Å²) in [5.41, 5.74) is 0.568. The van der Waals surface area contributed by atoms with Crippen molar-refractivity contribution in [1.82, 2.24) is 9.55 Å². The van der Waals surface area contributed by atoms with Gasteiger partial charge in [-0.05, 0) is 17.5 Å². The lowest BCUT2D eigenvalue weighted by molar-refractivity contribution is 0.0696. The van der Waals surface area contributed by atoms with E-state index in [-0.39, 0.29) is 17.7 Å². The Morgan fingerprint density at radius 1 is 1.53 bits per heavy atom. The zero-order valence-electron chi connectivity index (χ0n) is 9.57. The Hall–Kier alpha value is -2.41. The minimum Gasteiger partial charge on any atom is -0.478 e. The molecular formula is C12H8N2O4S. The van der Waals surface area contributed by atoms with Gasteiger partial charge in [-0.1, -0.05) is 0 Å². The molecule has 1 N–H and O–H groups in total. The lowest BCUT2D eigenvalue weighted by Gasteiger charge is -2.01. The number of aromatic nitrogens is 2. The van der Waals surface area contributed by atoms with E-state index in [2.05, 4.69) is 4.98 Å². The van der Waals surface area contributed by atoms with Gasteiger partial charge in [-0.15, -0.1) is 11.3 Å². The molecule has 0 saturated heterocycles. The summed E-state index contributed by atoms with van der Waals surface area (Å²) in [7, 11) is 0. The Bertz CT molecular complexity index is 814. The van der Waals surface area contributed by atoms with Gasteiger partial charge < -0.3 is 9.52 Å². The van der Waals surface area contributed by atoms with E-state index in [1.54, 1.807) is 11.4 Å². The van der Waals surface area contributed by atoms with Crippen molar-refractivity contribution in [2.24, 2.45) is 0 Å². The van der Waals surface area contributed by atoms with E-state index in [0.717, 1.165) is 6.26 Å². The van der Waals surface area contributed by atoms with Crippen LogP contribution in [-0.4, -0.2) is 20.6 Å². The van der Waals surface area contributed by atoms with Gasteiger partial charge in [0.05, 0.1) is 24.0 Å². The lowest BCUT2D eigenvalue weighted by atomic mass is 10.3. The highest BCUT2D eigenvalue weighted by atomic mass is 32.1. The number of hydrogen-bond donors (Lipinski definition) is 1. The van der Waals surface area contributed by atoms with Crippen LogP contribution in [0.5, 0.6) is 0 Å². The van der Waals surface area contributed by atoms with Gasteiger partial charge in [-0.2, -0.15) is 0 Å². The fourth-order valence-electron chi connectivity index (χ4n) is 1.74. The van der Waals surface area contributed by atoms with Crippen LogP contribution in [0.25, 0.3) is 10.2 Å². The van der Waals surface area contributed by atoms with Gasteiger partial charge >= 0.3 is 5.97 Å². The lowest BCUT2D eigenvalue weighted by Crippen LogP contribution is -2.19. The fraction of sp³-hybridized carbons (Fsp3) is 0.0833. The Kier molecular flexibility index (Phi) is 2.68. The Labute approximate surface area is 110 Å². The number of carboxylic acids is 1. The monoisotopic (exact) mass is 276 g/mol. The van der Waals surface area contributed by atoms with Gasteiger partial charge in [0, 0.05) is 0 Å². The summed E-state index contributed by atoms with van der Waals surface area (Å²) >= 11 is 1.33. The number of rotatable bonds is 3. The molecule has 0 aliphatic heterocycles. The minimum atomic E-state index is -1.06. The molecule has 0 aromatic carbocycles. The Balaban J connectivity index is 1.98. The number of furan rings is 1. The molecule has 96 valence electrons. The summed E-state index contributed by atoms with van der Waals surface area (Å²) in [6, 6.07) is 3.18. The number of hydrogen-bond acceptors (Lipinski definition) is 5. The molecule has 7 heteroatoms. The van der Waals surface area contributed by atoms with Crippen LogP contribution >= 0.6 is 11.3 Å². The molecule has 0 saturated carbocycles. The van der Waals surface area contributed by atoms with Crippen molar-refractivity contribution in [2.45, 2.75) is 6.54 Å². The SMILES string of the molecule is O=C(O)c1coc(Cn2cnc3ccsc3c2=O)c1. The standard InChI is InChI=1S/C12H8N2O4S/c15-11-10-9(1-2-19-10)13-6-14(11)4-8-3-7(5-18-8)12(16)17/h1-3,5-6H,4H2,(H,16,17). The zero-order valence-corrected chi connectivity index (χ0v) is 10.4. The summed E-state index contributed by atoms with van der Waals surface area (Å²) in [4.78, 5) is 27.0. The van der Waals surface area contributed by atoms with Gasteiger partial charge in [0.25, 0.3) is 5.56 Å². The molecule has 0 amide bonds. The predicted octanol–water partition coefficient (Wildman–Crippen LogP) is 1.80. The number of carbonyl (C=O) groups is 1. The van der Waals surface area contributed by atoms with Crippen LogP contribution in [0.1, 0.15) is 16.1 Å². The van der Waals surface area contributed by atoms with Crippen LogP contribution in [0.4, 0.5) is 0 Å². The van der Waals surface area contributed by atoms with Crippen molar-refractivity contribution in [3.63, 3.8) is 0 Å². The van der Waals surface area contributed by atoms with Crippen LogP contribution < -0.4 is 5.56 Å². The van der Waals surface area contributed by atoms with Crippen LogP contribution in [0.15, 0.2) is 39.3 Å². The highest BCUT2D eigenvalue weighted by Gasteiger charge is 2.10. The predicted molar refractivity (Wildman–Crippen MR) is 68.6 cm³/mol. The van der Waals surface area contributed by atoms with Gasteiger partial charge in [0.2, 0.25) is 0 Å². The van der Waals surface area contributed by atoms with Crippen molar-refractivity contribution in [3.05, 3.63) is 51.8 Å². The molecule has 6 nitrogen and oxygen atoms in total. The number of thiophene rings is 1. The molecule has 19 heavy (non-hydrogen) atoms. The average Bonchev–Trinajstić information content (AvgIpc) is 3.01. The number of aromatic carboxylic acids is 1. The molecule has 0 atom stereocenters. The van der Waals surface area contributed by atoms with E-state index in [4.69, 9.17) is 9.52 Å². The number of carboxylic acid groups (broad SMARTS) is 1.